The van der Waals surface area contributed by atoms with Crippen molar-refractivity contribution in [2.75, 3.05) is 13.6 Å². The van der Waals surface area contributed by atoms with E-state index in [2.05, 4.69) is 17.6 Å². The normalized spacial score (nSPS) is 22.2. The number of nitrogens with one attached hydrogen (secondary N) is 2. The maximum Gasteiger partial charge on any atom is 0.0161 e. The molecule has 1 aliphatic carbocycles. The van der Waals surface area contributed by atoms with Crippen LogP contribution in [0, 0.1) is 0 Å². The van der Waals surface area contributed by atoms with E-state index in [1.807, 2.05) is 7.05 Å². The SMILES string of the molecule is CNC(C)CNC1CCC1. The predicted octanol–water partition coefficient (Wildman–Crippen LogP) is 0.736. The molecule has 0 aromatic carbocycles. The molecule has 1 rings (SSSR count). The third-order valence-corrected chi connectivity index (χ3v) is 2.31. The van der Waals surface area contributed by atoms with Gasteiger partial charge >= 0.3 is 0 Å². The van der Waals surface area contributed by atoms with Crippen LogP contribution in [0.15, 0.2) is 0 Å². The second kappa shape index (κ2) is 3.94. The molecule has 2 nitrogen and oxygen atoms in total. The molecule has 1 atom stereocenters. The third kappa shape index (κ3) is 2.27. The maximum absolute atomic E-state index is 3.51. The molecular weight excluding hydrogens is 124 g/mol. The summed E-state index contributed by atoms with van der Waals surface area (Å²) >= 11 is 0. The van der Waals surface area contributed by atoms with Crippen LogP contribution in [0.25, 0.3) is 0 Å². The van der Waals surface area contributed by atoms with Gasteiger partial charge in [-0.3, -0.25) is 0 Å². The van der Waals surface area contributed by atoms with Gasteiger partial charge in [0.1, 0.15) is 0 Å². The highest BCUT2D eigenvalue weighted by Gasteiger charge is 2.16. The van der Waals surface area contributed by atoms with Crippen molar-refractivity contribution in [2.24, 2.45) is 0 Å². The Morgan fingerprint density at radius 3 is 2.60 bits per heavy atom. The van der Waals surface area contributed by atoms with Gasteiger partial charge in [-0.1, -0.05) is 6.42 Å². The summed E-state index contributed by atoms with van der Waals surface area (Å²) in [6, 6.07) is 1.44. The minimum atomic E-state index is 0.612. The Morgan fingerprint density at radius 1 is 1.50 bits per heavy atom. The standard InChI is InChI=1S/C8H18N2/c1-7(9-2)6-10-8-4-3-5-8/h7-10H,3-6H2,1-2H3. The summed E-state index contributed by atoms with van der Waals surface area (Å²) in [7, 11) is 2.01. The summed E-state index contributed by atoms with van der Waals surface area (Å²) in [5, 5.41) is 6.71. The molecule has 2 N–H and O–H groups in total. The molecule has 0 saturated heterocycles. The van der Waals surface area contributed by atoms with E-state index in [-0.39, 0.29) is 0 Å². The van der Waals surface area contributed by atoms with Crippen LogP contribution < -0.4 is 10.6 Å². The van der Waals surface area contributed by atoms with Crippen molar-refractivity contribution in [2.45, 2.75) is 38.3 Å². The smallest absolute Gasteiger partial charge is 0.0161 e. The van der Waals surface area contributed by atoms with Gasteiger partial charge < -0.3 is 10.6 Å². The molecule has 1 saturated carbocycles. The average Bonchev–Trinajstić information content (AvgIpc) is 1.84. The maximum atomic E-state index is 3.51. The van der Waals surface area contributed by atoms with Crippen LogP contribution in [0.5, 0.6) is 0 Å². The van der Waals surface area contributed by atoms with E-state index >= 15 is 0 Å². The van der Waals surface area contributed by atoms with Crippen LogP contribution in [0.2, 0.25) is 0 Å². The van der Waals surface area contributed by atoms with E-state index in [0.717, 1.165) is 12.6 Å². The van der Waals surface area contributed by atoms with E-state index in [1.165, 1.54) is 19.3 Å². The highest BCUT2D eigenvalue weighted by molar-refractivity contribution is 4.77. The summed E-state index contributed by atoms with van der Waals surface area (Å²) in [5.41, 5.74) is 0. The first kappa shape index (κ1) is 8.02. The molecule has 1 aliphatic rings. The van der Waals surface area contributed by atoms with Gasteiger partial charge in [0, 0.05) is 18.6 Å². The van der Waals surface area contributed by atoms with E-state index in [9.17, 15) is 0 Å². The molecule has 0 amide bonds. The molecule has 0 aromatic heterocycles. The number of hydrogen-bond donors (Lipinski definition) is 2. The van der Waals surface area contributed by atoms with Gasteiger partial charge in [-0.15, -0.1) is 0 Å². The van der Waals surface area contributed by atoms with Crippen LogP contribution in [0.3, 0.4) is 0 Å². The van der Waals surface area contributed by atoms with E-state index in [1.54, 1.807) is 0 Å². The van der Waals surface area contributed by atoms with Gasteiger partial charge in [0.2, 0.25) is 0 Å². The fourth-order valence-corrected chi connectivity index (χ4v) is 1.06. The van der Waals surface area contributed by atoms with Gasteiger partial charge in [0.15, 0.2) is 0 Å². The van der Waals surface area contributed by atoms with E-state index < -0.39 is 0 Å². The van der Waals surface area contributed by atoms with Crippen LogP contribution in [0.1, 0.15) is 26.2 Å². The largest absolute Gasteiger partial charge is 0.316 e. The van der Waals surface area contributed by atoms with E-state index in [4.69, 9.17) is 0 Å². The molecule has 0 aliphatic heterocycles. The molecular formula is C8H18N2. The second-order valence-corrected chi connectivity index (χ2v) is 3.23. The van der Waals surface area contributed by atoms with Crippen molar-refractivity contribution in [3.63, 3.8) is 0 Å². The van der Waals surface area contributed by atoms with Crippen molar-refractivity contribution in [1.82, 2.24) is 10.6 Å². The molecule has 60 valence electrons. The molecule has 0 aromatic rings. The molecule has 0 radical (unpaired) electrons. The molecule has 0 spiro atoms. The molecule has 0 bridgehead atoms. The minimum Gasteiger partial charge on any atom is -0.316 e. The van der Waals surface area contributed by atoms with Gasteiger partial charge in [-0.2, -0.15) is 0 Å². The lowest BCUT2D eigenvalue weighted by atomic mass is 9.93. The van der Waals surface area contributed by atoms with Crippen molar-refractivity contribution < 1.29 is 0 Å². The van der Waals surface area contributed by atoms with Gasteiger partial charge in [0.25, 0.3) is 0 Å². The van der Waals surface area contributed by atoms with Crippen LogP contribution in [0.4, 0.5) is 0 Å². The average molecular weight is 142 g/mol. The Bertz CT molecular complexity index is 84.5. The first-order chi connectivity index (χ1) is 4.83. The summed E-state index contributed by atoms with van der Waals surface area (Å²) in [5.74, 6) is 0. The van der Waals surface area contributed by atoms with Crippen molar-refractivity contribution in [3.05, 3.63) is 0 Å². The fraction of sp³-hybridized carbons (Fsp3) is 1.00. The monoisotopic (exact) mass is 142 g/mol. The van der Waals surface area contributed by atoms with Gasteiger partial charge in [0.05, 0.1) is 0 Å². The molecule has 0 heterocycles. The highest BCUT2D eigenvalue weighted by Crippen LogP contribution is 2.17. The third-order valence-electron chi connectivity index (χ3n) is 2.31. The Labute approximate surface area is 63.4 Å². The van der Waals surface area contributed by atoms with Crippen molar-refractivity contribution in [1.29, 1.82) is 0 Å². The van der Waals surface area contributed by atoms with Gasteiger partial charge in [-0.05, 0) is 26.8 Å². The van der Waals surface area contributed by atoms with Crippen molar-refractivity contribution in [3.8, 4) is 0 Å². The lowest BCUT2D eigenvalue weighted by Crippen LogP contribution is -2.42. The predicted molar refractivity (Wildman–Crippen MR) is 44.2 cm³/mol. The summed E-state index contributed by atoms with van der Waals surface area (Å²) in [4.78, 5) is 0. The molecule has 1 unspecified atom stereocenters. The Balaban J connectivity index is 1.93. The quantitative estimate of drug-likeness (QED) is 0.605. The number of likely N-dealkylation sites (N-methyl/N-ethyl adjacent to an activating group) is 1. The number of rotatable bonds is 4. The van der Waals surface area contributed by atoms with Crippen molar-refractivity contribution >= 4 is 0 Å². The zero-order chi connectivity index (χ0) is 7.40. The zero-order valence-electron chi connectivity index (χ0n) is 6.98. The van der Waals surface area contributed by atoms with Gasteiger partial charge in [-0.25, -0.2) is 0 Å². The second-order valence-electron chi connectivity index (χ2n) is 3.23. The minimum absolute atomic E-state index is 0.612. The van der Waals surface area contributed by atoms with E-state index in [0.29, 0.717) is 6.04 Å². The Hall–Kier alpha value is -0.0800. The summed E-state index contributed by atoms with van der Waals surface area (Å²) in [6.45, 7) is 3.31. The first-order valence-corrected chi connectivity index (χ1v) is 4.23. The Morgan fingerprint density at radius 2 is 2.20 bits per heavy atom. The highest BCUT2D eigenvalue weighted by atomic mass is 15.0. The lowest BCUT2D eigenvalue weighted by molar-refractivity contribution is 0.328. The van der Waals surface area contributed by atoms with Crippen LogP contribution in [-0.4, -0.2) is 25.7 Å². The summed E-state index contributed by atoms with van der Waals surface area (Å²) in [6.07, 6.45) is 4.19. The lowest BCUT2D eigenvalue weighted by Gasteiger charge is -2.27. The topological polar surface area (TPSA) is 24.1 Å². The Kier molecular flexibility index (Phi) is 3.16. The van der Waals surface area contributed by atoms with Crippen LogP contribution >= 0.6 is 0 Å². The molecule has 2 heteroatoms. The van der Waals surface area contributed by atoms with Crippen LogP contribution in [-0.2, 0) is 0 Å². The zero-order valence-corrected chi connectivity index (χ0v) is 6.98. The summed E-state index contributed by atoms with van der Waals surface area (Å²) < 4.78 is 0. The number of hydrogen-bond acceptors (Lipinski definition) is 2. The molecule has 1 fully saturated rings. The first-order valence-electron chi connectivity index (χ1n) is 4.23. The molecule has 10 heavy (non-hydrogen) atoms. The fourth-order valence-electron chi connectivity index (χ4n) is 1.06.